The van der Waals surface area contributed by atoms with Crippen molar-refractivity contribution in [1.29, 1.82) is 0 Å². The number of thioether (sulfide) groups is 1. The fourth-order valence-electron chi connectivity index (χ4n) is 3.55. The molecule has 3 rings (SSSR count). The zero-order valence-electron chi connectivity index (χ0n) is 12.6. The summed E-state index contributed by atoms with van der Waals surface area (Å²) in [5.74, 6) is 1.16. The van der Waals surface area contributed by atoms with E-state index < -0.39 is 0 Å². The highest BCUT2D eigenvalue weighted by Crippen LogP contribution is 2.37. The first kappa shape index (κ1) is 14.9. The fourth-order valence-corrected chi connectivity index (χ4v) is 4.68. The average Bonchev–Trinajstić information content (AvgIpc) is 2.47. The molecule has 1 heterocycles. The number of carbonyl (C=O) groups excluding carboxylic acids is 1. The first-order valence-electron chi connectivity index (χ1n) is 7.89. The van der Waals surface area contributed by atoms with Gasteiger partial charge in [0, 0.05) is 16.2 Å². The first-order valence-corrected chi connectivity index (χ1v) is 8.87. The molecule has 0 spiro atoms. The van der Waals surface area contributed by atoms with E-state index >= 15 is 0 Å². The van der Waals surface area contributed by atoms with Crippen molar-refractivity contribution >= 4 is 17.7 Å². The van der Waals surface area contributed by atoms with Gasteiger partial charge in [0.2, 0.25) is 5.91 Å². The van der Waals surface area contributed by atoms with Gasteiger partial charge in [-0.2, -0.15) is 0 Å². The van der Waals surface area contributed by atoms with Gasteiger partial charge >= 0.3 is 0 Å². The predicted molar refractivity (Wildman–Crippen MR) is 87.2 cm³/mol. The van der Waals surface area contributed by atoms with Gasteiger partial charge in [-0.05, 0) is 37.8 Å². The van der Waals surface area contributed by atoms with E-state index in [1.54, 1.807) is 0 Å². The first-order chi connectivity index (χ1) is 10.1. The van der Waals surface area contributed by atoms with Crippen LogP contribution in [0.5, 0.6) is 0 Å². The van der Waals surface area contributed by atoms with Crippen LogP contribution < -0.4 is 11.1 Å². The van der Waals surface area contributed by atoms with E-state index in [2.05, 4.69) is 29.6 Å². The van der Waals surface area contributed by atoms with E-state index in [0.717, 1.165) is 37.9 Å². The summed E-state index contributed by atoms with van der Waals surface area (Å²) >= 11 is 1.88. The molecule has 3 atom stereocenters. The molecule has 3 N–H and O–H groups in total. The third kappa shape index (κ3) is 3.11. The lowest BCUT2D eigenvalue weighted by Gasteiger charge is -2.38. The fraction of sp³-hybridized carbons (Fsp3) is 0.588. The highest BCUT2D eigenvalue weighted by Gasteiger charge is 2.38. The summed E-state index contributed by atoms with van der Waals surface area (Å²) in [5.41, 5.74) is 7.26. The molecule has 0 radical (unpaired) electrons. The SMILES string of the molecule is CC1(N)CCCCC1C(=O)NC1CCSc2ccccc21. The normalized spacial score (nSPS) is 32.3. The van der Waals surface area contributed by atoms with Crippen LogP contribution in [0.4, 0.5) is 0 Å². The molecule has 0 bridgehead atoms. The molecule has 114 valence electrons. The molecule has 1 aromatic rings. The van der Waals surface area contributed by atoms with E-state index in [-0.39, 0.29) is 23.4 Å². The van der Waals surface area contributed by atoms with Gasteiger partial charge < -0.3 is 11.1 Å². The van der Waals surface area contributed by atoms with E-state index in [1.807, 2.05) is 18.7 Å². The van der Waals surface area contributed by atoms with Crippen LogP contribution >= 0.6 is 11.8 Å². The molecular formula is C17H24N2OS. The number of nitrogens with two attached hydrogens (primary N) is 1. The molecule has 3 unspecified atom stereocenters. The molecule has 21 heavy (non-hydrogen) atoms. The Morgan fingerprint density at radius 3 is 2.95 bits per heavy atom. The number of hydrogen-bond donors (Lipinski definition) is 2. The van der Waals surface area contributed by atoms with E-state index in [9.17, 15) is 4.79 Å². The number of nitrogens with one attached hydrogen (secondary N) is 1. The zero-order valence-corrected chi connectivity index (χ0v) is 13.4. The minimum Gasteiger partial charge on any atom is -0.349 e. The predicted octanol–water partition coefficient (Wildman–Crippen LogP) is 3.25. The molecule has 3 nitrogen and oxygen atoms in total. The highest BCUT2D eigenvalue weighted by atomic mass is 32.2. The van der Waals surface area contributed by atoms with Gasteiger partial charge in [0.05, 0.1) is 12.0 Å². The van der Waals surface area contributed by atoms with Crippen LogP contribution in [0.25, 0.3) is 0 Å². The molecule has 0 aromatic heterocycles. The molecule has 4 heteroatoms. The third-order valence-electron chi connectivity index (χ3n) is 4.85. The third-order valence-corrected chi connectivity index (χ3v) is 5.97. The van der Waals surface area contributed by atoms with Crippen LogP contribution in [-0.2, 0) is 4.79 Å². The number of fused-ring (bicyclic) bond motifs is 1. The Labute approximate surface area is 131 Å². The Morgan fingerprint density at radius 2 is 2.14 bits per heavy atom. The van der Waals surface area contributed by atoms with Crippen LogP contribution in [0, 0.1) is 5.92 Å². The van der Waals surface area contributed by atoms with Crippen molar-refractivity contribution in [2.24, 2.45) is 11.7 Å². The van der Waals surface area contributed by atoms with Gasteiger partial charge in [-0.1, -0.05) is 31.0 Å². The van der Waals surface area contributed by atoms with Crippen molar-refractivity contribution in [2.75, 3.05) is 5.75 Å². The summed E-state index contributed by atoms with van der Waals surface area (Å²) in [6.45, 7) is 2.03. The van der Waals surface area contributed by atoms with Gasteiger partial charge in [-0.25, -0.2) is 0 Å². The topological polar surface area (TPSA) is 55.1 Å². The van der Waals surface area contributed by atoms with Crippen molar-refractivity contribution in [2.45, 2.75) is 55.5 Å². The quantitative estimate of drug-likeness (QED) is 0.882. The number of rotatable bonds is 2. The molecule has 0 saturated heterocycles. The lowest BCUT2D eigenvalue weighted by atomic mass is 9.74. The van der Waals surface area contributed by atoms with Crippen molar-refractivity contribution in [1.82, 2.24) is 5.32 Å². The maximum absolute atomic E-state index is 12.7. The van der Waals surface area contributed by atoms with Crippen molar-refractivity contribution in [3.63, 3.8) is 0 Å². The maximum atomic E-state index is 12.7. The Balaban J connectivity index is 1.74. The lowest BCUT2D eigenvalue weighted by molar-refractivity contribution is -0.129. The van der Waals surface area contributed by atoms with Crippen LogP contribution in [0.1, 0.15) is 50.6 Å². The molecule has 1 aliphatic heterocycles. The minimum atomic E-state index is -0.356. The van der Waals surface area contributed by atoms with E-state index in [4.69, 9.17) is 5.73 Å². The summed E-state index contributed by atoms with van der Waals surface area (Å²) in [5, 5.41) is 3.27. The number of carbonyl (C=O) groups is 1. The summed E-state index contributed by atoms with van der Waals surface area (Å²) in [4.78, 5) is 14.0. The van der Waals surface area contributed by atoms with Gasteiger partial charge in [-0.3, -0.25) is 4.79 Å². The minimum absolute atomic E-state index is 0.0482. The second kappa shape index (κ2) is 6.01. The average molecular weight is 304 g/mol. The maximum Gasteiger partial charge on any atom is 0.225 e. The van der Waals surface area contributed by atoms with Crippen LogP contribution in [0.2, 0.25) is 0 Å². The molecule has 1 amide bonds. The molecule has 1 saturated carbocycles. The second-order valence-electron chi connectivity index (χ2n) is 6.54. The summed E-state index contributed by atoms with van der Waals surface area (Å²) in [6, 6.07) is 8.54. The zero-order chi connectivity index (χ0) is 14.9. The number of hydrogen-bond acceptors (Lipinski definition) is 3. The number of benzene rings is 1. The van der Waals surface area contributed by atoms with Crippen molar-refractivity contribution < 1.29 is 4.79 Å². The van der Waals surface area contributed by atoms with Crippen LogP contribution in [0.15, 0.2) is 29.2 Å². The molecule has 1 fully saturated rings. The van der Waals surface area contributed by atoms with Crippen molar-refractivity contribution in [3.05, 3.63) is 29.8 Å². The van der Waals surface area contributed by atoms with Gasteiger partial charge in [0.1, 0.15) is 0 Å². The van der Waals surface area contributed by atoms with Crippen LogP contribution in [-0.4, -0.2) is 17.2 Å². The Kier molecular flexibility index (Phi) is 4.27. The molecular weight excluding hydrogens is 280 g/mol. The lowest BCUT2D eigenvalue weighted by Crippen LogP contribution is -2.53. The Morgan fingerprint density at radius 1 is 1.33 bits per heavy atom. The van der Waals surface area contributed by atoms with E-state index in [0.29, 0.717) is 0 Å². The summed E-state index contributed by atoms with van der Waals surface area (Å²) in [6.07, 6.45) is 5.12. The standard InChI is InChI=1S/C17H24N2OS/c1-17(18)10-5-4-7-13(17)16(20)19-14-9-11-21-15-8-3-2-6-12(14)15/h2-3,6,8,13-14H,4-5,7,9-11,18H2,1H3,(H,19,20). The van der Waals surface area contributed by atoms with Gasteiger partial charge in [0.15, 0.2) is 0 Å². The molecule has 1 aromatic carbocycles. The van der Waals surface area contributed by atoms with Crippen molar-refractivity contribution in [3.8, 4) is 0 Å². The van der Waals surface area contributed by atoms with Gasteiger partial charge in [-0.15, -0.1) is 11.8 Å². The van der Waals surface area contributed by atoms with Crippen LogP contribution in [0.3, 0.4) is 0 Å². The van der Waals surface area contributed by atoms with Gasteiger partial charge in [0.25, 0.3) is 0 Å². The Hall–Kier alpha value is -1.00. The smallest absolute Gasteiger partial charge is 0.225 e. The second-order valence-corrected chi connectivity index (χ2v) is 7.68. The number of amides is 1. The monoisotopic (exact) mass is 304 g/mol. The largest absolute Gasteiger partial charge is 0.349 e. The summed E-state index contributed by atoms with van der Waals surface area (Å²) < 4.78 is 0. The highest BCUT2D eigenvalue weighted by molar-refractivity contribution is 7.99. The van der Waals surface area contributed by atoms with E-state index in [1.165, 1.54) is 10.5 Å². The molecule has 2 aliphatic rings. The summed E-state index contributed by atoms with van der Waals surface area (Å²) in [7, 11) is 0. The molecule has 1 aliphatic carbocycles. The Bertz CT molecular complexity index is 529.